The summed E-state index contributed by atoms with van der Waals surface area (Å²) in [7, 11) is 1.62. The Balaban J connectivity index is 1.22. The molecule has 12 heteroatoms. The summed E-state index contributed by atoms with van der Waals surface area (Å²) in [4.78, 5) is 30.2. The molecular weight excluding hydrogens is 592 g/mol. The lowest BCUT2D eigenvalue weighted by Gasteiger charge is -2.26. The lowest BCUT2D eigenvalue weighted by atomic mass is 9.98. The van der Waals surface area contributed by atoms with E-state index in [-0.39, 0.29) is 11.1 Å². The molecule has 2 aliphatic heterocycles. The normalized spacial score (nSPS) is 16.6. The largest absolute Gasteiger partial charge is 0.493 e. The third kappa shape index (κ3) is 7.52. The Morgan fingerprint density at radius 2 is 1.84 bits per heavy atom. The van der Waals surface area contributed by atoms with E-state index in [2.05, 4.69) is 55.9 Å². The SMILES string of the molecule is COc1cc(/C=C2\SC(=O)N(CCCCCc3nn[nH]n3)C2=O)cc(-c2ccc3ccccc3c2)c1OCCN1CCOCC1. The van der Waals surface area contributed by atoms with Gasteiger partial charge in [-0.15, -0.1) is 10.2 Å². The van der Waals surface area contributed by atoms with Crippen LogP contribution < -0.4 is 9.47 Å². The van der Waals surface area contributed by atoms with E-state index in [4.69, 9.17) is 14.2 Å². The number of ether oxygens (including phenoxy) is 3. The van der Waals surface area contributed by atoms with Crippen molar-refractivity contribution in [2.75, 3.05) is 53.1 Å². The number of nitrogens with one attached hydrogen (secondary N) is 1. The van der Waals surface area contributed by atoms with E-state index >= 15 is 0 Å². The van der Waals surface area contributed by atoms with E-state index in [1.807, 2.05) is 24.3 Å². The van der Waals surface area contributed by atoms with Crippen LogP contribution in [0.25, 0.3) is 28.0 Å². The first-order chi connectivity index (χ1) is 22.1. The number of H-pyrrole nitrogens is 1. The van der Waals surface area contributed by atoms with Crippen LogP contribution in [0, 0.1) is 0 Å². The van der Waals surface area contributed by atoms with Crippen LogP contribution in [0.3, 0.4) is 0 Å². The third-order valence-corrected chi connectivity index (χ3v) is 8.87. The molecule has 234 valence electrons. The summed E-state index contributed by atoms with van der Waals surface area (Å²) in [6.45, 7) is 4.86. The molecule has 0 unspecified atom stereocenters. The topological polar surface area (TPSA) is 123 Å². The van der Waals surface area contributed by atoms with Gasteiger partial charge < -0.3 is 14.2 Å². The summed E-state index contributed by atoms with van der Waals surface area (Å²) < 4.78 is 17.7. The fourth-order valence-corrected chi connectivity index (χ4v) is 6.41. The first-order valence-electron chi connectivity index (χ1n) is 15.2. The number of aryl methyl sites for hydroxylation is 1. The van der Waals surface area contributed by atoms with Gasteiger partial charge in [0.2, 0.25) is 0 Å². The summed E-state index contributed by atoms with van der Waals surface area (Å²) in [6, 6.07) is 18.4. The number of carbonyl (C=O) groups is 2. The van der Waals surface area contributed by atoms with Crippen LogP contribution in [0.15, 0.2) is 59.5 Å². The number of thioether (sulfide) groups is 1. The van der Waals surface area contributed by atoms with Crippen LogP contribution in [0.5, 0.6) is 11.5 Å². The van der Waals surface area contributed by atoms with Crippen LogP contribution in [0.1, 0.15) is 30.7 Å². The number of unbranched alkanes of at least 4 members (excludes halogenated alkanes) is 2. The van der Waals surface area contributed by atoms with E-state index in [0.717, 1.165) is 84.9 Å². The molecule has 6 rings (SSSR count). The second-order valence-electron chi connectivity index (χ2n) is 10.9. The molecule has 45 heavy (non-hydrogen) atoms. The zero-order chi connectivity index (χ0) is 31.0. The highest BCUT2D eigenvalue weighted by Gasteiger charge is 2.34. The fraction of sp³-hybridized carbons (Fsp3) is 0.364. The highest BCUT2D eigenvalue weighted by atomic mass is 32.2. The van der Waals surface area contributed by atoms with Crippen LogP contribution in [0.4, 0.5) is 4.79 Å². The number of rotatable bonds is 13. The van der Waals surface area contributed by atoms with Crippen molar-refractivity contribution in [1.29, 1.82) is 0 Å². The number of aromatic nitrogens is 4. The Bertz CT molecular complexity index is 1670. The Morgan fingerprint density at radius 1 is 1.00 bits per heavy atom. The number of imide groups is 1. The molecule has 2 aliphatic rings. The summed E-state index contributed by atoms with van der Waals surface area (Å²) >= 11 is 0.968. The Morgan fingerprint density at radius 3 is 2.64 bits per heavy atom. The minimum Gasteiger partial charge on any atom is -0.493 e. The van der Waals surface area contributed by atoms with Gasteiger partial charge in [0.1, 0.15) is 6.61 Å². The van der Waals surface area contributed by atoms with Crippen molar-refractivity contribution in [2.45, 2.75) is 25.7 Å². The van der Waals surface area contributed by atoms with E-state index in [9.17, 15) is 9.59 Å². The summed E-state index contributed by atoms with van der Waals surface area (Å²) in [5.74, 6) is 1.60. The molecular formula is C33H36N6O5S. The maximum Gasteiger partial charge on any atom is 0.293 e. The number of nitrogens with zero attached hydrogens (tertiary/aromatic N) is 5. The van der Waals surface area contributed by atoms with E-state index < -0.39 is 0 Å². The van der Waals surface area contributed by atoms with Crippen molar-refractivity contribution in [3.63, 3.8) is 0 Å². The molecule has 11 nitrogen and oxygen atoms in total. The number of carbonyl (C=O) groups excluding carboxylic acids is 2. The van der Waals surface area contributed by atoms with Gasteiger partial charge in [0.05, 0.1) is 25.2 Å². The molecule has 2 fully saturated rings. The van der Waals surface area contributed by atoms with Gasteiger partial charge in [-0.1, -0.05) is 48.0 Å². The molecule has 0 saturated carbocycles. The molecule has 2 saturated heterocycles. The van der Waals surface area contributed by atoms with Gasteiger partial charge in [0, 0.05) is 38.2 Å². The van der Waals surface area contributed by atoms with Crippen molar-refractivity contribution in [2.24, 2.45) is 0 Å². The number of morpholine rings is 1. The summed E-state index contributed by atoms with van der Waals surface area (Å²) in [5, 5.41) is 15.9. The second kappa shape index (κ2) is 14.7. The minimum absolute atomic E-state index is 0.255. The van der Waals surface area contributed by atoms with Crippen molar-refractivity contribution in [3.8, 4) is 22.6 Å². The number of aromatic amines is 1. The van der Waals surface area contributed by atoms with Crippen LogP contribution in [-0.2, 0) is 16.0 Å². The average molecular weight is 629 g/mol. The molecule has 0 atom stereocenters. The van der Waals surface area contributed by atoms with Crippen LogP contribution in [0.2, 0.25) is 0 Å². The average Bonchev–Trinajstić information content (AvgIpc) is 3.68. The molecule has 2 amide bonds. The predicted molar refractivity (Wildman–Crippen MR) is 173 cm³/mol. The second-order valence-corrected chi connectivity index (χ2v) is 11.9. The Labute approximate surface area is 265 Å². The molecule has 0 radical (unpaired) electrons. The van der Waals surface area contributed by atoms with Gasteiger partial charge >= 0.3 is 0 Å². The number of hydrogen-bond donors (Lipinski definition) is 1. The first kappa shape index (κ1) is 30.8. The van der Waals surface area contributed by atoms with Gasteiger partial charge in [-0.3, -0.25) is 19.4 Å². The molecule has 4 aromatic rings. The van der Waals surface area contributed by atoms with E-state index in [0.29, 0.717) is 48.2 Å². The Hall–Kier alpha value is -4.26. The lowest BCUT2D eigenvalue weighted by molar-refractivity contribution is -0.122. The summed E-state index contributed by atoms with van der Waals surface area (Å²) in [5.41, 5.74) is 2.58. The highest BCUT2D eigenvalue weighted by Crippen LogP contribution is 2.42. The number of amides is 2. The summed E-state index contributed by atoms with van der Waals surface area (Å²) in [6.07, 6.45) is 4.87. The smallest absolute Gasteiger partial charge is 0.293 e. The quantitative estimate of drug-likeness (QED) is 0.156. The van der Waals surface area contributed by atoms with Gasteiger partial charge in [0.15, 0.2) is 17.3 Å². The zero-order valence-corrected chi connectivity index (χ0v) is 26.1. The van der Waals surface area contributed by atoms with Crippen LogP contribution >= 0.6 is 11.8 Å². The predicted octanol–water partition coefficient (Wildman–Crippen LogP) is 5.19. The minimum atomic E-state index is -0.278. The van der Waals surface area contributed by atoms with Crippen molar-refractivity contribution in [1.82, 2.24) is 30.4 Å². The van der Waals surface area contributed by atoms with Crippen molar-refractivity contribution >= 4 is 39.8 Å². The fourth-order valence-electron chi connectivity index (χ4n) is 5.54. The van der Waals surface area contributed by atoms with Gasteiger partial charge in [0.25, 0.3) is 11.1 Å². The van der Waals surface area contributed by atoms with E-state index in [1.165, 1.54) is 4.90 Å². The maximum atomic E-state index is 13.3. The number of tetrazole rings is 1. The van der Waals surface area contributed by atoms with E-state index in [1.54, 1.807) is 13.2 Å². The molecule has 0 bridgehead atoms. The molecule has 1 aromatic heterocycles. The van der Waals surface area contributed by atoms with Crippen molar-refractivity contribution < 1.29 is 23.8 Å². The number of benzene rings is 3. The standard InChI is InChI=1S/C33H36N6O5S/c1-42-28-20-23(21-29-32(40)39(33(41)45-29)12-6-2-3-9-30-34-36-37-35-30)19-27(26-11-10-24-7-4-5-8-25(24)22-26)31(28)44-18-15-38-13-16-43-17-14-38/h4-5,7-8,10-11,19-22H,2-3,6,9,12-18H2,1H3,(H,34,35,36,37)/b29-21-. The highest BCUT2D eigenvalue weighted by molar-refractivity contribution is 8.18. The maximum absolute atomic E-state index is 13.3. The van der Waals surface area contributed by atoms with Gasteiger partial charge in [-0.2, -0.15) is 5.21 Å². The van der Waals surface area contributed by atoms with Gasteiger partial charge in [-0.25, -0.2) is 0 Å². The third-order valence-electron chi connectivity index (χ3n) is 7.96. The molecule has 1 N–H and O–H groups in total. The molecule has 0 aliphatic carbocycles. The number of fused-ring (bicyclic) bond motifs is 1. The van der Waals surface area contributed by atoms with Crippen LogP contribution in [-0.4, -0.2) is 94.7 Å². The monoisotopic (exact) mass is 628 g/mol. The molecule has 3 aromatic carbocycles. The van der Waals surface area contributed by atoms with Gasteiger partial charge in [-0.05, 0) is 70.8 Å². The lowest BCUT2D eigenvalue weighted by Crippen LogP contribution is -2.38. The zero-order valence-electron chi connectivity index (χ0n) is 25.2. The number of hydrogen-bond acceptors (Lipinski definition) is 10. The molecule has 0 spiro atoms. The molecule has 3 heterocycles. The van der Waals surface area contributed by atoms with Crippen molar-refractivity contribution in [3.05, 3.63) is 70.9 Å². The first-order valence-corrected chi connectivity index (χ1v) is 16.0. The number of methoxy groups -OCH3 is 1. The Kier molecular flexibility index (Phi) is 10.0.